The molecule has 70 valence electrons. The molecule has 0 aromatic carbocycles. The number of aliphatic hydroxyl groups is 1. The Bertz CT molecular complexity index is 180. The van der Waals surface area contributed by atoms with E-state index in [9.17, 15) is 9.59 Å². The van der Waals surface area contributed by atoms with Gasteiger partial charge in [0.15, 0.2) is 0 Å². The summed E-state index contributed by atoms with van der Waals surface area (Å²) >= 11 is 0. The second-order valence-corrected chi connectivity index (χ2v) is 2.68. The SMILES string of the molecule is CC(=O)NC(C(=O)O)C(C)CO. The lowest BCUT2D eigenvalue weighted by Gasteiger charge is -2.18. The second-order valence-electron chi connectivity index (χ2n) is 2.68. The molecule has 2 unspecified atom stereocenters. The van der Waals surface area contributed by atoms with Crippen molar-refractivity contribution in [3.8, 4) is 0 Å². The minimum absolute atomic E-state index is 0.267. The van der Waals surface area contributed by atoms with Gasteiger partial charge in [-0.1, -0.05) is 6.92 Å². The zero-order valence-electron chi connectivity index (χ0n) is 7.07. The van der Waals surface area contributed by atoms with E-state index in [1.54, 1.807) is 6.92 Å². The van der Waals surface area contributed by atoms with Crippen LogP contribution in [0.2, 0.25) is 0 Å². The summed E-state index contributed by atoms with van der Waals surface area (Å²) in [6, 6.07) is -1.01. The summed E-state index contributed by atoms with van der Waals surface area (Å²) in [4.78, 5) is 21.0. The van der Waals surface area contributed by atoms with E-state index in [-0.39, 0.29) is 6.61 Å². The molecule has 12 heavy (non-hydrogen) atoms. The molecule has 0 aliphatic rings. The van der Waals surface area contributed by atoms with E-state index < -0.39 is 23.8 Å². The molecule has 3 N–H and O–H groups in total. The van der Waals surface area contributed by atoms with Crippen LogP contribution in [0.3, 0.4) is 0 Å². The summed E-state index contributed by atoms with van der Waals surface area (Å²) < 4.78 is 0. The third kappa shape index (κ3) is 3.34. The molecular formula is C7H13NO4. The molecule has 0 rings (SSSR count). The van der Waals surface area contributed by atoms with Gasteiger partial charge in [0.1, 0.15) is 6.04 Å². The maximum Gasteiger partial charge on any atom is 0.326 e. The molecule has 0 aromatic rings. The molecule has 0 saturated carbocycles. The number of aliphatic hydroxyl groups excluding tert-OH is 1. The van der Waals surface area contributed by atoms with Crippen LogP contribution < -0.4 is 5.32 Å². The Kier molecular flexibility index (Phi) is 4.28. The van der Waals surface area contributed by atoms with Gasteiger partial charge in [-0.3, -0.25) is 4.79 Å². The first-order valence-corrected chi connectivity index (χ1v) is 3.59. The molecule has 0 bridgehead atoms. The highest BCUT2D eigenvalue weighted by atomic mass is 16.4. The third-order valence-corrected chi connectivity index (χ3v) is 1.48. The summed E-state index contributed by atoms with van der Waals surface area (Å²) in [7, 11) is 0. The summed E-state index contributed by atoms with van der Waals surface area (Å²) in [6.07, 6.45) is 0. The van der Waals surface area contributed by atoms with Crippen LogP contribution in [0.1, 0.15) is 13.8 Å². The fraction of sp³-hybridized carbons (Fsp3) is 0.714. The first-order valence-electron chi connectivity index (χ1n) is 3.59. The number of nitrogens with one attached hydrogen (secondary N) is 1. The standard InChI is InChI=1S/C7H13NO4/c1-4(3-9)6(7(11)12)8-5(2)10/h4,6,9H,3H2,1-2H3,(H,8,10)(H,11,12). The van der Waals surface area contributed by atoms with Gasteiger partial charge in [-0.15, -0.1) is 0 Å². The fourth-order valence-electron chi connectivity index (χ4n) is 0.772. The monoisotopic (exact) mass is 175 g/mol. The van der Waals surface area contributed by atoms with Crippen molar-refractivity contribution in [2.24, 2.45) is 5.92 Å². The van der Waals surface area contributed by atoms with Crippen LogP contribution in [0, 0.1) is 5.92 Å². The molecule has 0 radical (unpaired) electrons. The molecule has 0 aliphatic carbocycles. The number of hydrogen-bond acceptors (Lipinski definition) is 3. The minimum atomic E-state index is -1.13. The number of rotatable bonds is 4. The first kappa shape index (κ1) is 10.9. The second kappa shape index (κ2) is 4.71. The Morgan fingerprint density at radius 3 is 2.25 bits per heavy atom. The summed E-state index contributed by atoms with van der Waals surface area (Å²) in [5, 5.41) is 19.5. The average Bonchev–Trinajstić information content (AvgIpc) is 1.98. The van der Waals surface area contributed by atoms with E-state index in [2.05, 4.69) is 5.32 Å². The molecule has 5 nitrogen and oxygen atoms in total. The van der Waals surface area contributed by atoms with Crippen molar-refractivity contribution in [1.82, 2.24) is 5.32 Å². The van der Waals surface area contributed by atoms with Gasteiger partial charge < -0.3 is 15.5 Å². The smallest absolute Gasteiger partial charge is 0.326 e. The van der Waals surface area contributed by atoms with E-state index in [0.717, 1.165) is 0 Å². The Balaban J connectivity index is 4.22. The van der Waals surface area contributed by atoms with Crippen molar-refractivity contribution < 1.29 is 19.8 Å². The van der Waals surface area contributed by atoms with Crippen LogP contribution >= 0.6 is 0 Å². The number of hydrogen-bond donors (Lipinski definition) is 3. The minimum Gasteiger partial charge on any atom is -0.480 e. The van der Waals surface area contributed by atoms with E-state index >= 15 is 0 Å². The lowest BCUT2D eigenvalue weighted by molar-refractivity contribution is -0.143. The number of carbonyl (C=O) groups is 2. The normalized spacial score (nSPS) is 14.9. The van der Waals surface area contributed by atoms with Crippen molar-refractivity contribution in [1.29, 1.82) is 0 Å². The fourth-order valence-corrected chi connectivity index (χ4v) is 0.772. The van der Waals surface area contributed by atoms with E-state index in [4.69, 9.17) is 10.2 Å². The molecule has 2 atom stereocenters. The van der Waals surface area contributed by atoms with Crippen LogP contribution in [-0.2, 0) is 9.59 Å². The number of carboxylic acid groups (broad SMARTS) is 1. The van der Waals surface area contributed by atoms with Gasteiger partial charge in [-0.25, -0.2) is 4.79 Å². The van der Waals surface area contributed by atoms with Crippen LogP contribution in [0.4, 0.5) is 0 Å². The zero-order valence-corrected chi connectivity index (χ0v) is 7.07. The van der Waals surface area contributed by atoms with Crippen molar-refractivity contribution >= 4 is 11.9 Å². The van der Waals surface area contributed by atoms with Crippen molar-refractivity contribution in [3.63, 3.8) is 0 Å². The highest BCUT2D eigenvalue weighted by molar-refractivity contribution is 5.82. The molecule has 1 amide bonds. The van der Waals surface area contributed by atoms with Crippen molar-refractivity contribution in [2.75, 3.05) is 6.61 Å². The molecular weight excluding hydrogens is 162 g/mol. The highest BCUT2D eigenvalue weighted by Crippen LogP contribution is 2.01. The van der Waals surface area contributed by atoms with Crippen LogP contribution in [0.15, 0.2) is 0 Å². The maximum absolute atomic E-state index is 10.5. The highest BCUT2D eigenvalue weighted by Gasteiger charge is 2.24. The predicted molar refractivity (Wildman–Crippen MR) is 41.5 cm³/mol. The van der Waals surface area contributed by atoms with Gasteiger partial charge in [0, 0.05) is 19.4 Å². The van der Waals surface area contributed by atoms with Gasteiger partial charge in [0.25, 0.3) is 0 Å². The predicted octanol–water partition coefficient (Wildman–Crippen LogP) is -0.796. The van der Waals surface area contributed by atoms with Gasteiger partial charge in [-0.2, -0.15) is 0 Å². The lowest BCUT2D eigenvalue weighted by atomic mass is 10.0. The quantitative estimate of drug-likeness (QED) is 0.522. The largest absolute Gasteiger partial charge is 0.480 e. The molecule has 5 heteroatoms. The number of carboxylic acids is 1. The number of amides is 1. The average molecular weight is 175 g/mol. The van der Waals surface area contributed by atoms with Crippen molar-refractivity contribution in [3.05, 3.63) is 0 Å². The summed E-state index contributed by atoms with van der Waals surface area (Å²) in [5.74, 6) is -2.03. The Labute approximate surface area is 70.4 Å². The Hall–Kier alpha value is -1.10. The lowest BCUT2D eigenvalue weighted by Crippen LogP contribution is -2.45. The van der Waals surface area contributed by atoms with Gasteiger partial charge >= 0.3 is 5.97 Å². The van der Waals surface area contributed by atoms with E-state index in [0.29, 0.717) is 0 Å². The third-order valence-electron chi connectivity index (χ3n) is 1.48. The zero-order chi connectivity index (χ0) is 9.72. The number of aliphatic carboxylic acids is 1. The van der Waals surface area contributed by atoms with Gasteiger partial charge in [-0.05, 0) is 0 Å². The van der Waals surface area contributed by atoms with Gasteiger partial charge in [0.05, 0.1) is 0 Å². The van der Waals surface area contributed by atoms with Gasteiger partial charge in [0.2, 0.25) is 5.91 Å². The first-order chi connectivity index (χ1) is 5.49. The van der Waals surface area contributed by atoms with Crippen molar-refractivity contribution in [2.45, 2.75) is 19.9 Å². The van der Waals surface area contributed by atoms with Crippen LogP contribution in [-0.4, -0.2) is 34.7 Å². The van der Waals surface area contributed by atoms with Crippen LogP contribution in [0.5, 0.6) is 0 Å². The van der Waals surface area contributed by atoms with Crippen LogP contribution in [0.25, 0.3) is 0 Å². The van der Waals surface area contributed by atoms with E-state index in [1.165, 1.54) is 6.92 Å². The summed E-state index contributed by atoms with van der Waals surface area (Å²) in [6.45, 7) is 2.52. The molecule has 0 saturated heterocycles. The summed E-state index contributed by atoms with van der Waals surface area (Å²) in [5.41, 5.74) is 0. The molecule has 0 spiro atoms. The molecule has 0 fully saturated rings. The number of carbonyl (C=O) groups excluding carboxylic acids is 1. The topological polar surface area (TPSA) is 86.6 Å². The van der Waals surface area contributed by atoms with E-state index in [1.807, 2.05) is 0 Å². The molecule has 0 aliphatic heterocycles. The maximum atomic E-state index is 10.5. The Morgan fingerprint density at radius 1 is 1.50 bits per heavy atom. The molecule has 0 aromatic heterocycles. The Morgan fingerprint density at radius 2 is 2.00 bits per heavy atom. The molecule has 0 heterocycles.